The molecule has 42 heavy (non-hydrogen) atoms. The molecule has 0 aromatic heterocycles. The lowest BCUT2D eigenvalue weighted by Gasteiger charge is -2.41. The number of rotatable bonds is 12. The Balaban J connectivity index is 1.30. The maximum atomic E-state index is 10.5. The lowest BCUT2D eigenvalue weighted by atomic mass is 9.91. The second-order valence-corrected chi connectivity index (χ2v) is 11.6. The van der Waals surface area contributed by atoms with E-state index in [1.807, 2.05) is 67.6 Å². The molecule has 1 aliphatic heterocycles. The highest BCUT2D eigenvalue weighted by Gasteiger charge is 2.66. The summed E-state index contributed by atoms with van der Waals surface area (Å²) in [4.78, 5) is 0. The van der Waals surface area contributed by atoms with E-state index in [2.05, 4.69) is 42.5 Å². The topological polar surface area (TPSA) is 57.2 Å². The average molecular weight is 585 g/mol. The summed E-state index contributed by atoms with van der Waals surface area (Å²) in [6.07, 6.45) is 0.350. The molecule has 0 radical (unpaired) electrons. The first-order chi connectivity index (χ1) is 20.6. The molecule has 1 saturated carbocycles. The Bertz CT molecular complexity index is 1450. The summed E-state index contributed by atoms with van der Waals surface area (Å²) < 4.78 is 25.6. The van der Waals surface area contributed by atoms with E-state index in [-0.39, 0.29) is 24.7 Å². The Kier molecular flexibility index (Phi) is 8.94. The maximum Gasteiger partial charge on any atom is 0.119 e. The third-order valence-corrected chi connectivity index (χ3v) is 8.70. The molecule has 0 amide bonds. The number of ether oxygens (including phenoxy) is 4. The van der Waals surface area contributed by atoms with Crippen molar-refractivity contribution in [1.29, 1.82) is 0 Å². The summed E-state index contributed by atoms with van der Waals surface area (Å²) in [5.74, 6) is 0.906. The van der Waals surface area contributed by atoms with Crippen LogP contribution in [-0.2, 0) is 33.8 Å². The molecule has 218 valence electrons. The standard InChI is InChI=1S/C36H37ClO5/c1-2-39-30-16-13-25(14-17-30)19-29-20-28(15-18-32(29)37)33-35(41-23-27-11-7-4-8-12-27)34(31-21-36(31,24-38)42-33)40-22-26-9-5-3-6-10-26/h3-18,20,31,33-35,38H,2,19,21-24H2,1H3/t31-,33+,34+,35+,36+/m1/s1. The normalized spacial score (nSPS) is 24.6. The zero-order chi connectivity index (χ0) is 28.9. The van der Waals surface area contributed by atoms with Crippen molar-refractivity contribution in [3.63, 3.8) is 0 Å². The van der Waals surface area contributed by atoms with Crippen LogP contribution in [-0.4, -0.2) is 36.1 Å². The fourth-order valence-electron chi connectivity index (χ4n) is 5.99. The third kappa shape index (κ3) is 6.41. The molecule has 1 N–H and O–H groups in total. The molecule has 0 spiro atoms. The van der Waals surface area contributed by atoms with Crippen molar-refractivity contribution in [3.8, 4) is 5.75 Å². The first kappa shape index (κ1) is 28.9. The van der Waals surface area contributed by atoms with E-state index in [4.69, 9.17) is 30.5 Å². The van der Waals surface area contributed by atoms with Crippen molar-refractivity contribution in [1.82, 2.24) is 0 Å². The van der Waals surface area contributed by atoms with Crippen LogP contribution in [0.5, 0.6) is 5.75 Å². The van der Waals surface area contributed by atoms with Crippen LogP contribution < -0.4 is 4.74 Å². The Morgan fingerprint density at radius 1 is 0.810 bits per heavy atom. The van der Waals surface area contributed by atoms with Gasteiger partial charge in [-0.2, -0.15) is 0 Å². The quantitative estimate of drug-likeness (QED) is 0.189. The van der Waals surface area contributed by atoms with Gasteiger partial charge in [-0.1, -0.05) is 96.5 Å². The van der Waals surface area contributed by atoms with Crippen LogP contribution >= 0.6 is 11.6 Å². The van der Waals surface area contributed by atoms with Crippen LogP contribution in [0.2, 0.25) is 5.02 Å². The minimum absolute atomic E-state index is 0.0545. The largest absolute Gasteiger partial charge is 0.494 e. The van der Waals surface area contributed by atoms with Crippen LogP contribution in [0.15, 0.2) is 103 Å². The summed E-state index contributed by atoms with van der Waals surface area (Å²) >= 11 is 6.72. The van der Waals surface area contributed by atoms with E-state index in [1.165, 1.54) is 0 Å². The van der Waals surface area contributed by atoms with Gasteiger partial charge in [0.1, 0.15) is 18.0 Å². The van der Waals surface area contributed by atoms with Gasteiger partial charge in [-0.05, 0) is 65.8 Å². The molecule has 2 fully saturated rings. The number of aliphatic hydroxyl groups is 1. The molecular weight excluding hydrogens is 548 g/mol. The second-order valence-electron chi connectivity index (χ2n) is 11.2. The fraction of sp³-hybridized carbons (Fsp3) is 0.333. The van der Waals surface area contributed by atoms with E-state index in [0.29, 0.717) is 31.3 Å². The van der Waals surface area contributed by atoms with Gasteiger partial charge in [0.05, 0.1) is 38.1 Å². The predicted octanol–water partition coefficient (Wildman–Crippen LogP) is 7.32. The van der Waals surface area contributed by atoms with Gasteiger partial charge >= 0.3 is 0 Å². The number of aliphatic hydroxyl groups excluding tert-OH is 1. The molecule has 6 heteroatoms. The monoisotopic (exact) mass is 584 g/mol. The van der Waals surface area contributed by atoms with E-state index in [1.54, 1.807) is 0 Å². The molecule has 1 aliphatic carbocycles. The van der Waals surface area contributed by atoms with Gasteiger partial charge in [0.15, 0.2) is 0 Å². The fourth-order valence-corrected chi connectivity index (χ4v) is 6.17. The van der Waals surface area contributed by atoms with Crippen LogP contribution in [0.3, 0.4) is 0 Å². The molecule has 0 unspecified atom stereocenters. The van der Waals surface area contributed by atoms with E-state index >= 15 is 0 Å². The van der Waals surface area contributed by atoms with Gasteiger partial charge in [0.2, 0.25) is 0 Å². The molecule has 2 aliphatic rings. The van der Waals surface area contributed by atoms with Gasteiger partial charge in [-0.15, -0.1) is 0 Å². The zero-order valence-corrected chi connectivity index (χ0v) is 24.6. The maximum absolute atomic E-state index is 10.5. The lowest BCUT2D eigenvalue weighted by molar-refractivity contribution is -0.220. The Morgan fingerprint density at radius 2 is 1.45 bits per heavy atom. The number of fused-ring (bicyclic) bond motifs is 1. The van der Waals surface area contributed by atoms with Gasteiger partial charge < -0.3 is 24.1 Å². The molecule has 1 saturated heterocycles. The SMILES string of the molecule is CCOc1ccc(Cc2cc([C@@H]3O[C@]4(CO)C[C@@H]4[C@H](OCc4ccccc4)[C@H]3OCc3ccccc3)ccc2Cl)cc1. The number of halogens is 1. The van der Waals surface area contributed by atoms with Crippen molar-refractivity contribution < 1.29 is 24.1 Å². The average Bonchev–Trinajstić information content (AvgIpc) is 3.77. The molecule has 4 aromatic rings. The molecular formula is C36H37ClO5. The number of benzene rings is 4. The predicted molar refractivity (Wildman–Crippen MR) is 164 cm³/mol. The van der Waals surface area contributed by atoms with Gasteiger partial charge in [-0.25, -0.2) is 0 Å². The summed E-state index contributed by atoms with van der Waals surface area (Å²) in [5, 5.41) is 11.2. The van der Waals surface area contributed by atoms with Gasteiger partial charge in [-0.3, -0.25) is 0 Å². The van der Waals surface area contributed by atoms with Crippen molar-refractivity contribution in [2.24, 2.45) is 5.92 Å². The van der Waals surface area contributed by atoms with Gasteiger partial charge in [0.25, 0.3) is 0 Å². The van der Waals surface area contributed by atoms with Crippen molar-refractivity contribution >= 4 is 11.6 Å². The van der Waals surface area contributed by atoms with E-state index in [0.717, 1.165) is 40.0 Å². The van der Waals surface area contributed by atoms with Gasteiger partial charge in [0, 0.05) is 10.9 Å². The number of hydrogen-bond donors (Lipinski definition) is 1. The zero-order valence-electron chi connectivity index (χ0n) is 23.8. The minimum Gasteiger partial charge on any atom is -0.494 e. The molecule has 4 aromatic carbocycles. The Labute approximate surface area is 253 Å². The lowest BCUT2D eigenvalue weighted by Crippen LogP contribution is -2.48. The first-order valence-corrected chi connectivity index (χ1v) is 15.1. The molecule has 0 bridgehead atoms. The Hall–Kier alpha value is -3.19. The summed E-state index contributed by atoms with van der Waals surface area (Å²) in [5.41, 5.74) is 4.65. The van der Waals surface area contributed by atoms with Crippen LogP contribution in [0.25, 0.3) is 0 Å². The minimum atomic E-state index is -0.631. The van der Waals surface area contributed by atoms with Crippen LogP contribution in [0.4, 0.5) is 0 Å². The summed E-state index contributed by atoms with van der Waals surface area (Å²) in [6.45, 7) is 3.45. The molecule has 5 atom stereocenters. The third-order valence-electron chi connectivity index (χ3n) is 8.33. The Morgan fingerprint density at radius 3 is 2.07 bits per heavy atom. The highest BCUT2D eigenvalue weighted by molar-refractivity contribution is 6.31. The van der Waals surface area contributed by atoms with Crippen LogP contribution in [0, 0.1) is 5.92 Å². The van der Waals surface area contributed by atoms with Crippen molar-refractivity contribution in [2.75, 3.05) is 13.2 Å². The molecule has 1 heterocycles. The summed E-state index contributed by atoms with van der Waals surface area (Å²) in [7, 11) is 0. The molecule has 5 nitrogen and oxygen atoms in total. The van der Waals surface area contributed by atoms with Crippen LogP contribution in [0.1, 0.15) is 47.3 Å². The van der Waals surface area contributed by atoms with E-state index in [9.17, 15) is 5.11 Å². The first-order valence-electron chi connectivity index (χ1n) is 14.7. The second kappa shape index (κ2) is 13.0. The molecule has 6 rings (SSSR count). The smallest absolute Gasteiger partial charge is 0.119 e. The summed E-state index contributed by atoms with van der Waals surface area (Å²) in [6, 6.07) is 34.5. The van der Waals surface area contributed by atoms with Crippen molar-refractivity contribution in [3.05, 3.63) is 136 Å². The number of hydrogen-bond acceptors (Lipinski definition) is 5. The highest BCUT2D eigenvalue weighted by Crippen LogP contribution is 2.58. The van der Waals surface area contributed by atoms with Crippen molar-refractivity contribution in [2.45, 2.75) is 56.9 Å². The highest BCUT2D eigenvalue weighted by atomic mass is 35.5. The van der Waals surface area contributed by atoms with E-state index < -0.39 is 11.7 Å².